The summed E-state index contributed by atoms with van der Waals surface area (Å²) in [7, 11) is 0. The second-order valence-corrected chi connectivity index (χ2v) is 12.2. The fourth-order valence-electron chi connectivity index (χ4n) is 5.38. The highest BCUT2D eigenvalue weighted by molar-refractivity contribution is 8.26. The molecule has 0 bridgehead atoms. The molecule has 222 valence electrons. The fraction of sp³-hybridized carbons (Fsp3) is 0.312. The third-order valence-corrected chi connectivity index (χ3v) is 9.13. The molecule has 43 heavy (non-hydrogen) atoms. The minimum atomic E-state index is -0.359. The van der Waals surface area contributed by atoms with E-state index in [1.807, 2.05) is 6.92 Å². The van der Waals surface area contributed by atoms with Crippen LogP contribution >= 0.6 is 24.0 Å². The number of unbranched alkanes of at least 4 members (excludes halogenated alkanes) is 1. The summed E-state index contributed by atoms with van der Waals surface area (Å²) in [6.45, 7) is 6.88. The van der Waals surface area contributed by atoms with Crippen LogP contribution < -0.4 is 15.4 Å². The van der Waals surface area contributed by atoms with Gasteiger partial charge in [-0.1, -0.05) is 49.5 Å². The smallest absolute Gasteiger partial charge is 0.270 e. The average molecular weight is 620 g/mol. The lowest BCUT2D eigenvalue weighted by Crippen LogP contribution is -2.48. The molecule has 0 aliphatic carbocycles. The number of carbonyl (C=O) groups is 1. The van der Waals surface area contributed by atoms with Crippen molar-refractivity contribution in [3.63, 3.8) is 0 Å². The monoisotopic (exact) mass is 619 g/mol. The molecule has 11 heteroatoms. The lowest BCUT2D eigenvalue weighted by atomic mass is 10.0. The second kappa shape index (κ2) is 13.1. The minimum absolute atomic E-state index is 0.0536. The van der Waals surface area contributed by atoms with Gasteiger partial charge in [-0.25, -0.2) is 8.78 Å². The van der Waals surface area contributed by atoms with Gasteiger partial charge in [0.05, 0.1) is 11.4 Å². The topological polar surface area (TPSA) is 72.6 Å². The first-order chi connectivity index (χ1) is 20.7. The Morgan fingerprint density at radius 2 is 1.58 bits per heavy atom. The molecule has 2 aliphatic heterocycles. The van der Waals surface area contributed by atoms with Crippen molar-refractivity contribution in [3.8, 4) is 6.07 Å². The van der Waals surface area contributed by atoms with Crippen LogP contribution in [0.2, 0.25) is 0 Å². The van der Waals surface area contributed by atoms with Crippen molar-refractivity contribution in [1.82, 2.24) is 9.47 Å². The van der Waals surface area contributed by atoms with E-state index in [9.17, 15) is 23.6 Å². The Labute approximate surface area is 259 Å². The fourth-order valence-corrected chi connectivity index (χ4v) is 6.61. The molecule has 3 aromatic rings. The van der Waals surface area contributed by atoms with E-state index in [2.05, 4.69) is 15.9 Å². The highest BCUT2D eigenvalue weighted by atomic mass is 32.2. The number of benzene rings is 2. The number of nitriles is 1. The van der Waals surface area contributed by atoms with Gasteiger partial charge in [0.15, 0.2) is 0 Å². The highest BCUT2D eigenvalue weighted by Crippen LogP contribution is 2.37. The van der Waals surface area contributed by atoms with Crippen molar-refractivity contribution in [2.75, 3.05) is 36.0 Å². The molecule has 2 aromatic carbocycles. The first kappa shape index (κ1) is 30.4. The number of hydrogen-bond donors (Lipinski definition) is 0. The van der Waals surface area contributed by atoms with Crippen molar-refractivity contribution >= 4 is 51.8 Å². The van der Waals surface area contributed by atoms with Gasteiger partial charge in [-0.3, -0.25) is 19.1 Å². The quantitative estimate of drug-likeness (QED) is 0.232. The zero-order valence-electron chi connectivity index (χ0n) is 24.0. The molecule has 0 unspecified atom stereocenters. The van der Waals surface area contributed by atoms with Crippen LogP contribution in [-0.2, 0) is 17.9 Å². The molecule has 1 aromatic heterocycles. The SMILES string of the molecule is CCCCn1c(N2CCN(c3ccc(F)cc3)CC2)c(C=C2SC(=S)N(Cc3ccc(F)cc3)C2=O)c(C)c(C#N)c1=O. The molecule has 0 spiro atoms. The maximum Gasteiger partial charge on any atom is 0.270 e. The molecule has 5 rings (SSSR count). The summed E-state index contributed by atoms with van der Waals surface area (Å²) in [6, 6.07) is 14.4. The minimum Gasteiger partial charge on any atom is -0.368 e. The molecule has 0 radical (unpaired) electrons. The van der Waals surface area contributed by atoms with Crippen molar-refractivity contribution < 1.29 is 13.6 Å². The van der Waals surface area contributed by atoms with Gasteiger partial charge < -0.3 is 9.80 Å². The molecule has 0 N–H and O–H groups in total. The van der Waals surface area contributed by atoms with Gasteiger partial charge in [0.2, 0.25) is 0 Å². The van der Waals surface area contributed by atoms with Crippen molar-refractivity contribution in [3.05, 3.63) is 97.7 Å². The zero-order chi connectivity index (χ0) is 30.7. The third kappa shape index (κ3) is 6.36. The molecule has 2 saturated heterocycles. The van der Waals surface area contributed by atoms with Crippen LogP contribution in [0.1, 0.15) is 42.0 Å². The molecule has 2 aliphatic rings. The average Bonchev–Trinajstić information content (AvgIpc) is 3.27. The van der Waals surface area contributed by atoms with Gasteiger partial charge in [0.1, 0.15) is 33.4 Å². The number of thioether (sulfide) groups is 1. The van der Waals surface area contributed by atoms with Crippen LogP contribution in [0.15, 0.2) is 58.2 Å². The normalized spacial score (nSPS) is 16.3. The largest absolute Gasteiger partial charge is 0.368 e. The lowest BCUT2D eigenvalue weighted by molar-refractivity contribution is -0.122. The molecule has 2 fully saturated rings. The van der Waals surface area contributed by atoms with Crippen LogP contribution in [0.5, 0.6) is 0 Å². The number of anilines is 2. The summed E-state index contributed by atoms with van der Waals surface area (Å²) < 4.78 is 29.0. The van der Waals surface area contributed by atoms with E-state index in [0.29, 0.717) is 58.9 Å². The van der Waals surface area contributed by atoms with Crippen molar-refractivity contribution in [2.45, 2.75) is 39.8 Å². The summed E-state index contributed by atoms with van der Waals surface area (Å²) in [6.07, 6.45) is 3.36. The predicted molar refractivity (Wildman–Crippen MR) is 171 cm³/mol. The number of piperazine rings is 1. The number of carbonyl (C=O) groups excluding carboxylic acids is 1. The summed E-state index contributed by atoms with van der Waals surface area (Å²) >= 11 is 6.72. The number of nitrogens with zero attached hydrogens (tertiary/aromatic N) is 5. The van der Waals surface area contributed by atoms with Gasteiger partial charge in [-0.05, 0) is 66.9 Å². The van der Waals surface area contributed by atoms with Gasteiger partial charge in [0.25, 0.3) is 11.5 Å². The first-order valence-corrected chi connectivity index (χ1v) is 15.4. The number of aromatic nitrogens is 1. The second-order valence-electron chi connectivity index (χ2n) is 10.5. The number of hydrogen-bond acceptors (Lipinski definition) is 7. The number of halogens is 2. The Hall–Kier alpha value is -4.01. The van der Waals surface area contributed by atoms with Gasteiger partial charge in [-0.2, -0.15) is 5.26 Å². The summed E-state index contributed by atoms with van der Waals surface area (Å²) in [4.78, 5) is 33.4. The summed E-state index contributed by atoms with van der Waals surface area (Å²) in [5.74, 6) is -0.252. The summed E-state index contributed by atoms with van der Waals surface area (Å²) in [5, 5.41) is 9.98. The molecule has 3 heterocycles. The summed E-state index contributed by atoms with van der Waals surface area (Å²) in [5.41, 5.74) is 2.54. The maximum absolute atomic E-state index is 13.6. The van der Waals surface area contributed by atoms with Gasteiger partial charge in [0, 0.05) is 44.0 Å². The highest BCUT2D eigenvalue weighted by Gasteiger charge is 2.34. The van der Waals surface area contributed by atoms with E-state index in [0.717, 1.165) is 24.1 Å². The maximum atomic E-state index is 13.6. The Morgan fingerprint density at radius 3 is 2.19 bits per heavy atom. The van der Waals surface area contributed by atoms with Crippen molar-refractivity contribution in [1.29, 1.82) is 5.26 Å². The lowest BCUT2D eigenvalue weighted by Gasteiger charge is -2.39. The first-order valence-electron chi connectivity index (χ1n) is 14.1. The van der Waals surface area contributed by atoms with Crippen LogP contribution in [0.25, 0.3) is 6.08 Å². The molecule has 0 saturated carbocycles. The van der Waals surface area contributed by atoms with Gasteiger partial charge in [-0.15, -0.1) is 0 Å². The van der Waals surface area contributed by atoms with Gasteiger partial charge >= 0.3 is 0 Å². The number of rotatable bonds is 8. The molecule has 0 atom stereocenters. The Bertz CT molecular complexity index is 1670. The number of pyridine rings is 1. The molecular weight excluding hydrogens is 589 g/mol. The van der Waals surface area contributed by atoms with E-state index in [1.165, 1.54) is 40.9 Å². The van der Waals surface area contributed by atoms with E-state index in [-0.39, 0.29) is 35.2 Å². The van der Waals surface area contributed by atoms with E-state index >= 15 is 0 Å². The van der Waals surface area contributed by atoms with E-state index in [4.69, 9.17) is 12.2 Å². The van der Waals surface area contributed by atoms with E-state index in [1.54, 1.807) is 41.8 Å². The molecule has 7 nitrogen and oxygen atoms in total. The molecular formula is C32H31F2N5O2S2. The zero-order valence-corrected chi connectivity index (χ0v) is 25.6. The van der Waals surface area contributed by atoms with Crippen LogP contribution in [0, 0.1) is 29.9 Å². The van der Waals surface area contributed by atoms with E-state index < -0.39 is 0 Å². The Morgan fingerprint density at radius 1 is 0.977 bits per heavy atom. The van der Waals surface area contributed by atoms with Crippen molar-refractivity contribution in [2.24, 2.45) is 0 Å². The number of thiocarbonyl (C=S) groups is 1. The van der Waals surface area contributed by atoms with Crippen LogP contribution in [0.4, 0.5) is 20.3 Å². The standard InChI is InChI=1S/C32H31F2N5O2S2/c1-3-4-13-38-29(37-16-14-36(15-17-37)25-11-9-24(34)10-12-25)26(21(2)27(19-35)30(38)40)18-28-31(41)39(32(42)43-28)20-22-5-7-23(33)8-6-22/h5-12,18H,3-4,13-17,20H2,1-2H3. The Kier molecular flexibility index (Phi) is 9.28. The number of amides is 1. The molecule has 1 amide bonds. The third-order valence-electron chi connectivity index (χ3n) is 7.76. The Balaban J connectivity index is 1.53. The van der Waals surface area contributed by atoms with Crippen LogP contribution in [0.3, 0.4) is 0 Å². The predicted octanol–water partition coefficient (Wildman–Crippen LogP) is 5.83. The van der Waals surface area contributed by atoms with Crippen LogP contribution in [-0.4, -0.2) is 45.9 Å².